The molecule has 0 saturated heterocycles. The molecule has 0 aromatic heterocycles. The van der Waals surface area contributed by atoms with Gasteiger partial charge in [-0.1, -0.05) is 35.9 Å². The summed E-state index contributed by atoms with van der Waals surface area (Å²) in [7, 11) is 3.16. The molecule has 1 heterocycles. The minimum Gasteiger partial charge on any atom is -0.497 e. The second-order valence-corrected chi connectivity index (χ2v) is 7.76. The number of ether oxygens (including phenoxy) is 2. The zero-order valence-electron chi connectivity index (χ0n) is 16.3. The number of Topliss-reactive ketones (excluding diaryl/α,β-unsaturated/α-hetero) is 1. The molecule has 0 unspecified atom stereocenters. The average Bonchev–Trinajstić information content (AvgIpc) is 2.72. The molecule has 0 radical (unpaired) electrons. The van der Waals surface area contributed by atoms with Crippen LogP contribution in [0.1, 0.15) is 42.2 Å². The molecule has 2 aliphatic rings. The summed E-state index contributed by atoms with van der Waals surface area (Å²) in [6.07, 6.45) is 1.16. The molecule has 2 aromatic carbocycles. The maximum absolute atomic E-state index is 13.2. The molecule has 1 amide bonds. The molecule has 2 aromatic rings. The molecule has 29 heavy (non-hydrogen) atoms. The Kier molecular flexibility index (Phi) is 5.33. The van der Waals surface area contributed by atoms with Gasteiger partial charge in [-0.05, 0) is 30.0 Å². The Morgan fingerprint density at radius 1 is 0.966 bits per heavy atom. The number of ketones is 1. The number of allylic oxidation sites excluding steroid dienone is 2. The van der Waals surface area contributed by atoms with Crippen LogP contribution in [-0.4, -0.2) is 25.9 Å². The molecular weight excluding hydrogens is 390 g/mol. The van der Waals surface area contributed by atoms with Gasteiger partial charge in [0.1, 0.15) is 11.5 Å². The third kappa shape index (κ3) is 3.62. The molecule has 4 rings (SSSR count). The molecule has 1 N–H and O–H groups in total. The summed E-state index contributed by atoms with van der Waals surface area (Å²) in [5.74, 6) is 0.829. The Labute approximate surface area is 174 Å². The van der Waals surface area contributed by atoms with Gasteiger partial charge in [-0.25, -0.2) is 0 Å². The first-order chi connectivity index (χ1) is 14.0. The Morgan fingerprint density at radius 2 is 1.76 bits per heavy atom. The molecule has 1 aliphatic carbocycles. The van der Waals surface area contributed by atoms with Gasteiger partial charge in [0, 0.05) is 46.7 Å². The number of nitrogens with one attached hydrogen (secondary N) is 1. The molecule has 0 bridgehead atoms. The Balaban J connectivity index is 1.75. The largest absolute Gasteiger partial charge is 0.497 e. The third-order valence-corrected chi connectivity index (χ3v) is 6.04. The fourth-order valence-electron chi connectivity index (χ4n) is 4.36. The minimum absolute atomic E-state index is 0.0408. The number of methoxy groups -OCH3 is 2. The quantitative estimate of drug-likeness (QED) is 0.811. The molecule has 0 spiro atoms. The fourth-order valence-corrected chi connectivity index (χ4v) is 4.65. The van der Waals surface area contributed by atoms with Gasteiger partial charge in [0.25, 0.3) is 0 Å². The lowest BCUT2D eigenvalue weighted by atomic mass is 9.73. The lowest BCUT2D eigenvalue weighted by Gasteiger charge is -2.35. The van der Waals surface area contributed by atoms with Gasteiger partial charge in [0.05, 0.1) is 14.2 Å². The van der Waals surface area contributed by atoms with Gasteiger partial charge in [-0.15, -0.1) is 0 Å². The monoisotopic (exact) mass is 411 g/mol. The van der Waals surface area contributed by atoms with E-state index in [1.807, 2.05) is 36.4 Å². The first-order valence-electron chi connectivity index (χ1n) is 9.54. The van der Waals surface area contributed by atoms with E-state index in [-0.39, 0.29) is 29.9 Å². The van der Waals surface area contributed by atoms with Gasteiger partial charge in [-0.3, -0.25) is 9.59 Å². The summed E-state index contributed by atoms with van der Waals surface area (Å²) < 4.78 is 10.8. The summed E-state index contributed by atoms with van der Waals surface area (Å²) >= 11 is 6.36. The minimum atomic E-state index is -0.334. The van der Waals surface area contributed by atoms with Crippen molar-refractivity contribution in [3.05, 3.63) is 69.9 Å². The van der Waals surface area contributed by atoms with Crippen molar-refractivity contribution >= 4 is 23.3 Å². The van der Waals surface area contributed by atoms with Crippen LogP contribution in [0.4, 0.5) is 0 Å². The van der Waals surface area contributed by atoms with Crippen molar-refractivity contribution in [1.29, 1.82) is 0 Å². The maximum atomic E-state index is 13.2. The second kappa shape index (κ2) is 7.91. The molecular formula is C23H22ClNO4. The highest BCUT2D eigenvalue weighted by atomic mass is 35.5. The van der Waals surface area contributed by atoms with E-state index >= 15 is 0 Å². The maximum Gasteiger partial charge on any atom is 0.225 e. The Bertz CT molecular complexity index is 1010. The van der Waals surface area contributed by atoms with Crippen molar-refractivity contribution in [2.75, 3.05) is 14.2 Å². The highest BCUT2D eigenvalue weighted by Gasteiger charge is 2.39. The Morgan fingerprint density at radius 3 is 2.48 bits per heavy atom. The van der Waals surface area contributed by atoms with Gasteiger partial charge in [0.2, 0.25) is 5.91 Å². The predicted octanol–water partition coefficient (Wildman–Crippen LogP) is 4.36. The van der Waals surface area contributed by atoms with E-state index in [9.17, 15) is 9.59 Å². The normalized spacial score (nSPS) is 21.5. The van der Waals surface area contributed by atoms with Crippen molar-refractivity contribution in [2.45, 2.75) is 31.1 Å². The first-order valence-corrected chi connectivity index (χ1v) is 9.92. The summed E-state index contributed by atoms with van der Waals surface area (Å²) in [5, 5.41) is 3.58. The molecule has 5 nitrogen and oxygen atoms in total. The van der Waals surface area contributed by atoms with Crippen LogP contribution in [0.2, 0.25) is 5.02 Å². The van der Waals surface area contributed by atoms with Crippen molar-refractivity contribution in [3.8, 4) is 11.5 Å². The second-order valence-electron chi connectivity index (χ2n) is 7.35. The summed E-state index contributed by atoms with van der Waals surface area (Å²) in [5.41, 5.74) is 3.13. The SMILES string of the molecule is COc1ccc([C@H]2CC(=O)NC3=C2C(=O)C[C@@H](c2ccccc2Cl)C3)c(OC)c1. The number of carbonyl (C=O) groups is 2. The van der Waals surface area contributed by atoms with Crippen LogP contribution in [0.3, 0.4) is 0 Å². The zero-order valence-corrected chi connectivity index (χ0v) is 17.1. The van der Waals surface area contributed by atoms with Gasteiger partial charge < -0.3 is 14.8 Å². The topological polar surface area (TPSA) is 64.6 Å². The highest BCUT2D eigenvalue weighted by molar-refractivity contribution is 6.31. The van der Waals surface area contributed by atoms with E-state index in [1.165, 1.54) is 0 Å². The first kappa shape index (κ1) is 19.5. The summed E-state index contributed by atoms with van der Waals surface area (Å²) in [6.45, 7) is 0. The van der Waals surface area contributed by atoms with Crippen LogP contribution in [0.5, 0.6) is 11.5 Å². The van der Waals surface area contributed by atoms with Crippen molar-refractivity contribution < 1.29 is 19.1 Å². The average molecular weight is 412 g/mol. The standard InChI is InChI=1S/C23H22ClNO4/c1-28-14-7-8-16(21(11-14)29-2)17-12-22(27)25-19-9-13(10-20(26)23(17)19)15-5-3-4-6-18(15)24/h3-8,11,13,17H,9-10,12H2,1-2H3,(H,25,27)/t13-,17+/m0/s1. The lowest BCUT2D eigenvalue weighted by molar-refractivity contribution is -0.122. The number of rotatable bonds is 4. The van der Waals surface area contributed by atoms with Crippen molar-refractivity contribution in [1.82, 2.24) is 5.32 Å². The van der Waals surface area contributed by atoms with Gasteiger partial charge in [0.15, 0.2) is 5.78 Å². The van der Waals surface area contributed by atoms with Crippen LogP contribution in [0.25, 0.3) is 0 Å². The van der Waals surface area contributed by atoms with Crippen LogP contribution < -0.4 is 14.8 Å². The molecule has 1 aliphatic heterocycles. The number of hydrogen-bond donors (Lipinski definition) is 1. The summed E-state index contributed by atoms with van der Waals surface area (Å²) in [6, 6.07) is 13.0. The number of halogens is 1. The highest BCUT2D eigenvalue weighted by Crippen LogP contribution is 2.46. The number of hydrogen-bond acceptors (Lipinski definition) is 4. The van der Waals surface area contributed by atoms with Gasteiger partial charge >= 0.3 is 0 Å². The number of amides is 1. The third-order valence-electron chi connectivity index (χ3n) is 5.70. The van der Waals surface area contributed by atoms with Gasteiger partial charge in [-0.2, -0.15) is 0 Å². The zero-order chi connectivity index (χ0) is 20.5. The molecule has 150 valence electrons. The smallest absolute Gasteiger partial charge is 0.225 e. The van der Waals surface area contributed by atoms with E-state index in [0.717, 1.165) is 11.1 Å². The fraction of sp³-hybridized carbons (Fsp3) is 0.304. The van der Waals surface area contributed by atoms with E-state index < -0.39 is 0 Å². The van der Waals surface area contributed by atoms with Crippen LogP contribution in [-0.2, 0) is 9.59 Å². The number of benzene rings is 2. The van der Waals surface area contributed by atoms with Crippen LogP contribution in [0.15, 0.2) is 53.7 Å². The molecule has 6 heteroatoms. The predicted molar refractivity (Wildman–Crippen MR) is 111 cm³/mol. The van der Waals surface area contributed by atoms with Crippen LogP contribution >= 0.6 is 11.6 Å². The molecule has 0 saturated carbocycles. The van der Waals surface area contributed by atoms with E-state index in [2.05, 4.69) is 5.32 Å². The number of carbonyl (C=O) groups excluding carboxylic acids is 2. The Hall–Kier alpha value is -2.79. The van der Waals surface area contributed by atoms with E-state index in [1.54, 1.807) is 20.3 Å². The molecule has 2 atom stereocenters. The van der Waals surface area contributed by atoms with E-state index in [4.69, 9.17) is 21.1 Å². The van der Waals surface area contributed by atoms with Crippen molar-refractivity contribution in [3.63, 3.8) is 0 Å². The molecule has 0 fully saturated rings. The van der Waals surface area contributed by atoms with Crippen molar-refractivity contribution in [2.24, 2.45) is 0 Å². The van der Waals surface area contributed by atoms with Crippen LogP contribution in [0, 0.1) is 0 Å². The summed E-state index contributed by atoms with van der Waals surface area (Å²) in [4.78, 5) is 25.7. The van der Waals surface area contributed by atoms with E-state index in [0.29, 0.717) is 40.6 Å². The lowest BCUT2D eigenvalue weighted by Crippen LogP contribution is -2.38.